The highest BCUT2D eigenvalue weighted by Crippen LogP contribution is 2.32. The van der Waals surface area contributed by atoms with Crippen molar-refractivity contribution < 1.29 is 22.8 Å². The maximum Gasteiger partial charge on any atom is 0.417 e. The number of aromatic nitrogens is 2. The number of benzene rings is 1. The second kappa shape index (κ2) is 8.17. The Morgan fingerprint density at radius 3 is 2.47 bits per heavy atom. The number of hydrogen-bond donors (Lipinski definition) is 2. The van der Waals surface area contributed by atoms with Crippen molar-refractivity contribution in [1.29, 1.82) is 0 Å². The van der Waals surface area contributed by atoms with E-state index in [0.717, 1.165) is 17.7 Å². The standard InChI is InChI=1S/C21H21F3N4O2/c1-12(2)10-25-20(30)17-18(26-16-9-8-13(3)11-28(16)17)27-19(29)14-6-4-5-7-15(14)21(22,23)24/h4-9,11-12H,10H2,1-3H3,(H,25,30)(H,27,29). The summed E-state index contributed by atoms with van der Waals surface area (Å²) in [7, 11) is 0. The molecule has 2 N–H and O–H groups in total. The molecule has 6 nitrogen and oxygen atoms in total. The van der Waals surface area contributed by atoms with Gasteiger partial charge in [0, 0.05) is 12.7 Å². The summed E-state index contributed by atoms with van der Waals surface area (Å²) in [6.45, 7) is 6.07. The van der Waals surface area contributed by atoms with E-state index in [4.69, 9.17) is 0 Å². The Morgan fingerprint density at radius 2 is 1.80 bits per heavy atom. The molecule has 0 spiro atoms. The largest absolute Gasteiger partial charge is 0.417 e. The quantitative estimate of drug-likeness (QED) is 0.649. The van der Waals surface area contributed by atoms with Crippen LogP contribution in [0.15, 0.2) is 42.6 Å². The lowest BCUT2D eigenvalue weighted by Crippen LogP contribution is -2.29. The van der Waals surface area contributed by atoms with Gasteiger partial charge in [0.25, 0.3) is 11.8 Å². The fourth-order valence-electron chi connectivity index (χ4n) is 2.94. The highest BCUT2D eigenvalue weighted by molar-refractivity contribution is 6.09. The van der Waals surface area contributed by atoms with Crippen molar-refractivity contribution in [3.8, 4) is 0 Å². The monoisotopic (exact) mass is 418 g/mol. The Balaban J connectivity index is 2.03. The van der Waals surface area contributed by atoms with Crippen molar-refractivity contribution in [3.05, 3.63) is 65.0 Å². The number of anilines is 1. The van der Waals surface area contributed by atoms with Gasteiger partial charge < -0.3 is 10.6 Å². The van der Waals surface area contributed by atoms with Crippen molar-refractivity contribution in [3.63, 3.8) is 0 Å². The van der Waals surface area contributed by atoms with E-state index in [1.165, 1.54) is 16.5 Å². The highest BCUT2D eigenvalue weighted by Gasteiger charge is 2.35. The number of imidazole rings is 1. The second-order valence-corrected chi connectivity index (χ2v) is 7.35. The van der Waals surface area contributed by atoms with Crippen molar-refractivity contribution in [2.75, 3.05) is 11.9 Å². The van der Waals surface area contributed by atoms with Gasteiger partial charge in [-0.2, -0.15) is 13.2 Å². The zero-order valence-corrected chi connectivity index (χ0v) is 16.7. The molecular weight excluding hydrogens is 397 g/mol. The van der Waals surface area contributed by atoms with E-state index in [-0.39, 0.29) is 17.4 Å². The Bertz CT molecular complexity index is 1100. The normalized spacial score (nSPS) is 11.7. The molecule has 2 aromatic heterocycles. The van der Waals surface area contributed by atoms with E-state index in [9.17, 15) is 22.8 Å². The molecule has 3 aromatic rings. The molecule has 0 bridgehead atoms. The van der Waals surface area contributed by atoms with Gasteiger partial charge in [-0.3, -0.25) is 14.0 Å². The Labute approximate surface area is 171 Å². The van der Waals surface area contributed by atoms with Crippen LogP contribution in [0.3, 0.4) is 0 Å². The lowest BCUT2D eigenvalue weighted by atomic mass is 10.1. The summed E-state index contributed by atoms with van der Waals surface area (Å²) in [4.78, 5) is 29.7. The molecule has 2 heterocycles. The summed E-state index contributed by atoms with van der Waals surface area (Å²) in [6, 6.07) is 7.90. The molecule has 9 heteroatoms. The molecule has 1 aromatic carbocycles. The fraction of sp³-hybridized carbons (Fsp3) is 0.286. The average Bonchev–Trinajstić information content (AvgIpc) is 3.02. The molecule has 0 aliphatic carbocycles. The summed E-state index contributed by atoms with van der Waals surface area (Å²) >= 11 is 0. The Morgan fingerprint density at radius 1 is 1.10 bits per heavy atom. The number of fused-ring (bicyclic) bond motifs is 1. The predicted octanol–water partition coefficient (Wildman–Crippen LogP) is 4.30. The number of pyridine rings is 1. The molecular formula is C21H21F3N4O2. The molecule has 0 unspecified atom stereocenters. The zero-order valence-electron chi connectivity index (χ0n) is 16.7. The summed E-state index contributed by atoms with van der Waals surface area (Å²) in [5.74, 6) is -1.41. The topological polar surface area (TPSA) is 75.5 Å². The number of amides is 2. The van der Waals surface area contributed by atoms with Crippen LogP contribution in [0.4, 0.5) is 19.0 Å². The van der Waals surface area contributed by atoms with E-state index in [2.05, 4.69) is 15.6 Å². The van der Waals surface area contributed by atoms with Gasteiger partial charge in [0.1, 0.15) is 5.65 Å². The van der Waals surface area contributed by atoms with E-state index in [1.807, 2.05) is 20.8 Å². The first-order valence-corrected chi connectivity index (χ1v) is 9.32. The molecule has 0 fully saturated rings. The van der Waals surface area contributed by atoms with Gasteiger partial charge in [-0.1, -0.05) is 32.0 Å². The van der Waals surface area contributed by atoms with Gasteiger partial charge in [-0.15, -0.1) is 0 Å². The van der Waals surface area contributed by atoms with Crippen LogP contribution >= 0.6 is 0 Å². The SMILES string of the molecule is Cc1ccc2nc(NC(=O)c3ccccc3C(F)(F)F)c(C(=O)NCC(C)C)n2c1. The number of hydrogen-bond acceptors (Lipinski definition) is 3. The van der Waals surface area contributed by atoms with Crippen molar-refractivity contribution in [2.45, 2.75) is 26.9 Å². The molecule has 0 saturated heterocycles. The third-order valence-electron chi connectivity index (χ3n) is 4.36. The first-order valence-electron chi connectivity index (χ1n) is 9.32. The van der Waals surface area contributed by atoms with Crippen molar-refractivity contribution in [2.24, 2.45) is 5.92 Å². The van der Waals surface area contributed by atoms with E-state index in [1.54, 1.807) is 18.3 Å². The minimum absolute atomic E-state index is 0.0483. The van der Waals surface area contributed by atoms with Gasteiger partial charge in [0.15, 0.2) is 11.5 Å². The van der Waals surface area contributed by atoms with Gasteiger partial charge in [-0.25, -0.2) is 4.98 Å². The maximum atomic E-state index is 13.3. The minimum Gasteiger partial charge on any atom is -0.350 e. The molecule has 2 amide bonds. The fourth-order valence-corrected chi connectivity index (χ4v) is 2.94. The van der Waals surface area contributed by atoms with Crippen LogP contribution in [0.25, 0.3) is 5.65 Å². The van der Waals surface area contributed by atoms with Gasteiger partial charge in [-0.05, 0) is 36.6 Å². The third-order valence-corrected chi connectivity index (χ3v) is 4.36. The smallest absolute Gasteiger partial charge is 0.350 e. The number of aryl methyl sites for hydroxylation is 1. The van der Waals surface area contributed by atoms with E-state index < -0.39 is 29.1 Å². The zero-order chi connectivity index (χ0) is 22.1. The molecule has 0 saturated carbocycles. The molecule has 158 valence electrons. The van der Waals surface area contributed by atoms with Crippen molar-refractivity contribution >= 4 is 23.3 Å². The van der Waals surface area contributed by atoms with Crippen LogP contribution in [0.5, 0.6) is 0 Å². The van der Waals surface area contributed by atoms with Crippen LogP contribution in [0.1, 0.15) is 45.8 Å². The van der Waals surface area contributed by atoms with Gasteiger partial charge >= 0.3 is 6.18 Å². The summed E-state index contributed by atoms with van der Waals surface area (Å²) in [6.07, 6.45) is -3.02. The first kappa shape index (κ1) is 21.4. The third kappa shape index (κ3) is 4.45. The molecule has 30 heavy (non-hydrogen) atoms. The highest BCUT2D eigenvalue weighted by atomic mass is 19.4. The maximum absolute atomic E-state index is 13.3. The number of alkyl halides is 3. The lowest BCUT2D eigenvalue weighted by Gasteiger charge is -2.13. The summed E-state index contributed by atoms with van der Waals surface area (Å²) in [5.41, 5.74) is -0.334. The van der Waals surface area contributed by atoms with Crippen LogP contribution in [0.2, 0.25) is 0 Å². The molecule has 0 atom stereocenters. The van der Waals surface area contributed by atoms with Crippen LogP contribution in [0, 0.1) is 12.8 Å². The van der Waals surface area contributed by atoms with E-state index in [0.29, 0.717) is 12.2 Å². The van der Waals surface area contributed by atoms with Crippen LogP contribution < -0.4 is 10.6 Å². The second-order valence-electron chi connectivity index (χ2n) is 7.35. The van der Waals surface area contributed by atoms with Crippen molar-refractivity contribution in [1.82, 2.24) is 14.7 Å². The first-order chi connectivity index (χ1) is 14.1. The Hall–Kier alpha value is -3.36. The van der Waals surface area contributed by atoms with Gasteiger partial charge in [0.05, 0.1) is 11.1 Å². The van der Waals surface area contributed by atoms with Crippen LogP contribution in [-0.4, -0.2) is 27.7 Å². The summed E-state index contributed by atoms with van der Waals surface area (Å²) in [5, 5.41) is 5.14. The van der Waals surface area contributed by atoms with Crippen LogP contribution in [-0.2, 0) is 6.18 Å². The number of halogens is 3. The number of nitrogens with zero attached hydrogens (tertiary/aromatic N) is 2. The average molecular weight is 418 g/mol. The van der Waals surface area contributed by atoms with Gasteiger partial charge in [0.2, 0.25) is 0 Å². The summed E-state index contributed by atoms with van der Waals surface area (Å²) < 4.78 is 41.3. The number of carbonyl (C=O) groups is 2. The number of carbonyl (C=O) groups excluding carboxylic acids is 2. The molecule has 0 aliphatic rings. The number of nitrogens with one attached hydrogen (secondary N) is 2. The molecule has 3 rings (SSSR count). The number of rotatable bonds is 5. The minimum atomic E-state index is -4.69. The molecule has 0 radical (unpaired) electrons. The Kier molecular flexibility index (Phi) is 5.82. The van der Waals surface area contributed by atoms with E-state index >= 15 is 0 Å². The lowest BCUT2D eigenvalue weighted by molar-refractivity contribution is -0.137. The predicted molar refractivity (Wildman–Crippen MR) is 106 cm³/mol. The molecule has 0 aliphatic heterocycles.